The first kappa shape index (κ1) is 18.2. The molecule has 1 heterocycles. The quantitative estimate of drug-likeness (QED) is 0.727. The van der Waals surface area contributed by atoms with Crippen molar-refractivity contribution >= 4 is 11.8 Å². The number of aliphatic hydroxyl groups excluding tert-OH is 1. The van der Waals surface area contributed by atoms with Gasteiger partial charge in [-0.3, -0.25) is 0 Å². The lowest BCUT2D eigenvalue weighted by Gasteiger charge is -2.25. The molecule has 0 aliphatic carbocycles. The Morgan fingerprint density at radius 1 is 1.38 bits per heavy atom. The van der Waals surface area contributed by atoms with Crippen molar-refractivity contribution in [2.45, 2.75) is 44.8 Å². The number of carbonyl (C=O) groups is 1. The summed E-state index contributed by atoms with van der Waals surface area (Å²) in [5.74, 6) is 0.149. The molecule has 1 aromatic rings. The standard InChI is InChI=1S/C15H19F3N2O4/c1-14(2,3)24-13(22)20-10-7-23-11-5-4-8(15(16,17)18)6-9(11)19-12(10)21/h4-6,10,12,19,21H,7H2,1-3H3,(H,20,22)/t10-,12?/m0/s1. The van der Waals surface area contributed by atoms with E-state index in [1.165, 1.54) is 0 Å². The SMILES string of the molecule is CC(C)(C)OC(=O)N[C@H]1COc2ccc(C(F)(F)F)cc2NC1O. The number of ether oxygens (including phenoxy) is 2. The summed E-state index contributed by atoms with van der Waals surface area (Å²) in [6.07, 6.45) is -6.62. The number of hydrogen-bond acceptors (Lipinski definition) is 5. The predicted octanol–water partition coefficient (Wildman–Crippen LogP) is 2.72. The molecule has 6 nitrogen and oxygen atoms in total. The lowest BCUT2D eigenvalue weighted by Crippen LogP contribution is -2.50. The van der Waals surface area contributed by atoms with Gasteiger partial charge < -0.3 is 25.2 Å². The molecular formula is C15H19F3N2O4. The molecule has 1 aromatic carbocycles. The first-order valence-corrected chi connectivity index (χ1v) is 7.24. The van der Waals surface area contributed by atoms with Crippen molar-refractivity contribution in [3.05, 3.63) is 23.8 Å². The minimum absolute atomic E-state index is 0.00851. The van der Waals surface area contributed by atoms with E-state index in [9.17, 15) is 23.1 Å². The van der Waals surface area contributed by atoms with Crippen molar-refractivity contribution in [1.29, 1.82) is 0 Å². The van der Waals surface area contributed by atoms with E-state index in [0.717, 1.165) is 18.2 Å². The number of fused-ring (bicyclic) bond motifs is 1. The van der Waals surface area contributed by atoms with E-state index in [0.29, 0.717) is 0 Å². The summed E-state index contributed by atoms with van der Waals surface area (Å²) in [6.45, 7) is 4.91. The van der Waals surface area contributed by atoms with Crippen LogP contribution in [0.2, 0.25) is 0 Å². The van der Waals surface area contributed by atoms with Crippen LogP contribution in [-0.2, 0) is 10.9 Å². The number of halogens is 3. The molecule has 0 bridgehead atoms. The van der Waals surface area contributed by atoms with Gasteiger partial charge in [0.05, 0.1) is 11.3 Å². The molecule has 1 unspecified atom stereocenters. The normalized spacial score (nSPS) is 21.0. The molecule has 0 spiro atoms. The number of nitrogens with one attached hydrogen (secondary N) is 2. The second kappa shape index (κ2) is 6.39. The Labute approximate surface area is 136 Å². The van der Waals surface area contributed by atoms with Crippen molar-refractivity contribution in [2.75, 3.05) is 11.9 Å². The smallest absolute Gasteiger partial charge is 0.416 e. The Morgan fingerprint density at radius 3 is 2.62 bits per heavy atom. The van der Waals surface area contributed by atoms with Gasteiger partial charge in [-0.05, 0) is 39.0 Å². The molecular weight excluding hydrogens is 329 g/mol. The van der Waals surface area contributed by atoms with E-state index in [2.05, 4.69) is 10.6 Å². The Balaban J connectivity index is 2.11. The zero-order valence-electron chi connectivity index (χ0n) is 13.4. The van der Waals surface area contributed by atoms with Gasteiger partial charge >= 0.3 is 12.3 Å². The van der Waals surface area contributed by atoms with Crippen LogP contribution in [0.5, 0.6) is 5.75 Å². The fourth-order valence-corrected chi connectivity index (χ4v) is 2.06. The molecule has 0 aromatic heterocycles. The fourth-order valence-electron chi connectivity index (χ4n) is 2.06. The van der Waals surface area contributed by atoms with Gasteiger partial charge in [0.15, 0.2) is 0 Å². The first-order chi connectivity index (χ1) is 11.0. The number of anilines is 1. The highest BCUT2D eigenvalue weighted by Crippen LogP contribution is 2.36. The van der Waals surface area contributed by atoms with Crippen LogP contribution in [0.25, 0.3) is 0 Å². The number of benzene rings is 1. The van der Waals surface area contributed by atoms with Crippen molar-refractivity contribution < 1.29 is 32.5 Å². The van der Waals surface area contributed by atoms with Crippen LogP contribution >= 0.6 is 0 Å². The van der Waals surface area contributed by atoms with Gasteiger partial charge in [-0.1, -0.05) is 0 Å². The average molecular weight is 348 g/mol. The third-order valence-electron chi connectivity index (χ3n) is 3.11. The lowest BCUT2D eigenvalue weighted by atomic mass is 10.1. The maximum absolute atomic E-state index is 12.8. The number of alkyl halides is 3. The van der Waals surface area contributed by atoms with Gasteiger partial charge in [-0.15, -0.1) is 0 Å². The van der Waals surface area contributed by atoms with Crippen LogP contribution < -0.4 is 15.4 Å². The van der Waals surface area contributed by atoms with Gasteiger partial charge in [0.25, 0.3) is 0 Å². The van der Waals surface area contributed by atoms with Crippen molar-refractivity contribution in [1.82, 2.24) is 5.32 Å². The van der Waals surface area contributed by atoms with Crippen LogP contribution in [0.4, 0.5) is 23.7 Å². The van der Waals surface area contributed by atoms with Gasteiger partial charge in [-0.25, -0.2) is 4.79 Å². The molecule has 2 atom stereocenters. The van der Waals surface area contributed by atoms with E-state index in [1.807, 2.05) is 0 Å². The van der Waals surface area contributed by atoms with Gasteiger partial charge in [0, 0.05) is 0 Å². The summed E-state index contributed by atoms with van der Waals surface area (Å²) in [5, 5.41) is 15.0. The van der Waals surface area contributed by atoms with E-state index < -0.39 is 35.7 Å². The van der Waals surface area contributed by atoms with Crippen molar-refractivity contribution in [3.8, 4) is 5.75 Å². The highest BCUT2D eigenvalue weighted by molar-refractivity contribution is 5.68. The number of aliphatic hydroxyl groups is 1. The summed E-state index contributed by atoms with van der Waals surface area (Å²) in [7, 11) is 0. The zero-order chi connectivity index (χ0) is 18.1. The summed E-state index contributed by atoms with van der Waals surface area (Å²) in [5.41, 5.74) is -1.60. The largest absolute Gasteiger partial charge is 0.489 e. The maximum atomic E-state index is 12.8. The highest BCUT2D eigenvalue weighted by Gasteiger charge is 2.33. The number of hydrogen-bond donors (Lipinski definition) is 3. The molecule has 2 rings (SSSR count). The van der Waals surface area contributed by atoms with Gasteiger partial charge in [0.1, 0.15) is 30.2 Å². The van der Waals surface area contributed by atoms with Gasteiger partial charge in [0.2, 0.25) is 0 Å². The minimum atomic E-state index is -4.51. The number of carbonyl (C=O) groups excluding carboxylic acids is 1. The zero-order valence-corrected chi connectivity index (χ0v) is 13.4. The van der Waals surface area contributed by atoms with Crippen LogP contribution in [-0.4, -0.2) is 35.7 Å². The highest BCUT2D eigenvalue weighted by atomic mass is 19.4. The molecule has 3 N–H and O–H groups in total. The van der Waals surface area contributed by atoms with Crippen molar-refractivity contribution in [2.24, 2.45) is 0 Å². The third kappa shape index (κ3) is 4.67. The Bertz CT molecular complexity index is 614. The average Bonchev–Trinajstić information content (AvgIpc) is 2.55. The molecule has 1 amide bonds. The van der Waals surface area contributed by atoms with Crippen LogP contribution in [0.15, 0.2) is 18.2 Å². The molecule has 9 heteroatoms. The van der Waals surface area contributed by atoms with Crippen LogP contribution in [0, 0.1) is 0 Å². The monoisotopic (exact) mass is 348 g/mol. The van der Waals surface area contributed by atoms with E-state index in [1.54, 1.807) is 20.8 Å². The summed E-state index contributed by atoms with van der Waals surface area (Å²) in [6, 6.07) is 1.98. The van der Waals surface area contributed by atoms with Gasteiger partial charge in [-0.2, -0.15) is 13.2 Å². The maximum Gasteiger partial charge on any atom is 0.416 e. The Hall–Kier alpha value is -2.16. The third-order valence-corrected chi connectivity index (χ3v) is 3.11. The minimum Gasteiger partial charge on any atom is -0.489 e. The molecule has 24 heavy (non-hydrogen) atoms. The lowest BCUT2D eigenvalue weighted by molar-refractivity contribution is -0.137. The molecule has 1 aliphatic rings. The number of rotatable bonds is 1. The molecule has 0 saturated heterocycles. The number of amides is 1. The Kier molecular flexibility index (Phi) is 4.84. The molecule has 1 aliphatic heterocycles. The first-order valence-electron chi connectivity index (χ1n) is 7.24. The number of alkyl carbamates (subject to hydrolysis) is 1. The van der Waals surface area contributed by atoms with E-state index >= 15 is 0 Å². The second-order valence-electron chi connectivity index (χ2n) is 6.36. The topological polar surface area (TPSA) is 79.8 Å². The van der Waals surface area contributed by atoms with E-state index in [4.69, 9.17) is 9.47 Å². The molecule has 0 radical (unpaired) electrons. The molecule has 134 valence electrons. The fraction of sp³-hybridized carbons (Fsp3) is 0.533. The second-order valence-corrected chi connectivity index (χ2v) is 6.36. The van der Waals surface area contributed by atoms with Crippen LogP contribution in [0.3, 0.4) is 0 Å². The van der Waals surface area contributed by atoms with Crippen molar-refractivity contribution in [3.63, 3.8) is 0 Å². The molecule has 0 saturated carbocycles. The van der Waals surface area contributed by atoms with Crippen LogP contribution in [0.1, 0.15) is 26.3 Å². The van der Waals surface area contributed by atoms with E-state index in [-0.39, 0.29) is 18.0 Å². The predicted molar refractivity (Wildman–Crippen MR) is 79.7 cm³/mol. The summed E-state index contributed by atoms with van der Waals surface area (Å²) in [4.78, 5) is 11.8. The summed E-state index contributed by atoms with van der Waals surface area (Å²) < 4.78 is 48.7. The molecule has 0 fully saturated rings. The summed E-state index contributed by atoms with van der Waals surface area (Å²) >= 11 is 0. The Morgan fingerprint density at radius 2 is 2.04 bits per heavy atom.